The molecule has 1 rings (SSSR count). The second-order valence-electron chi connectivity index (χ2n) is 3.69. The van der Waals surface area contributed by atoms with Crippen molar-refractivity contribution in [2.75, 3.05) is 26.7 Å². The van der Waals surface area contributed by atoms with Crippen LogP contribution in [0.3, 0.4) is 0 Å². The van der Waals surface area contributed by atoms with Gasteiger partial charge in [-0.2, -0.15) is 5.48 Å². The van der Waals surface area contributed by atoms with E-state index in [4.69, 9.17) is 4.84 Å². The zero-order chi connectivity index (χ0) is 8.97. The quantitative estimate of drug-likeness (QED) is 0.639. The fourth-order valence-corrected chi connectivity index (χ4v) is 1.72. The van der Waals surface area contributed by atoms with E-state index < -0.39 is 0 Å². The van der Waals surface area contributed by atoms with Crippen LogP contribution in [0.25, 0.3) is 0 Å². The van der Waals surface area contributed by atoms with Gasteiger partial charge >= 0.3 is 0 Å². The number of hydroxylamine groups is 1. The number of rotatable bonds is 3. The summed E-state index contributed by atoms with van der Waals surface area (Å²) in [7, 11) is 2.17. The summed E-state index contributed by atoms with van der Waals surface area (Å²) in [4.78, 5) is 7.58. The molecular formula is C9H20N2O. The van der Waals surface area contributed by atoms with Crippen LogP contribution in [0.4, 0.5) is 0 Å². The van der Waals surface area contributed by atoms with Crippen molar-refractivity contribution in [1.29, 1.82) is 0 Å². The van der Waals surface area contributed by atoms with E-state index in [0.717, 1.165) is 6.61 Å². The molecule has 1 aliphatic rings. The molecule has 3 heteroatoms. The molecule has 0 radical (unpaired) electrons. The van der Waals surface area contributed by atoms with Crippen LogP contribution in [0.15, 0.2) is 0 Å². The van der Waals surface area contributed by atoms with Crippen LogP contribution in [0.2, 0.25) is 0 Å². The molecule has 0 aromatic rings. The lowest BCUT2D eigenvalue weighted by molar-refractivity contribution is -0.00829. The molecule has 1 heterocycles. The molecule has 1 saturated heterocycles. The normalized spacial score (nSPS) is 32.2. The van der Waals surface area contributed by atoms with Gasteiger partial charge in [-0.15, -0.1) is 0 Å². The number of hydrogen-bond acceptors (Lipinski definition) is 3. The Bertz CT molecular complexity index is 128. The van der Waals surface area contributed by atoms with Crippen LogP contribution in [0.5, 0.6) is 0 Å². The smallest absolute Gasteiger partial charge is 0.0654 e. The summed E-state index contributed by atoms with van der Waals surface area (Å²) in [5.41, 5.74) is 3.11. The first-order chi connectivity index (χ1) is 5.74. The highest BCUT2D eigenvalue weighted by molar-refractivity contribution is 4.78. The number of nitrogens with zero attached hydrogens (tertiary/aromatic N) is 1. The molecule has 0 aromatic carbocycles. The van der Waals surface area contributed by atoms with E-state index >= 15 is 0 Å². The molecule has 0 saturated carbocycles. The van der Waals surface area contributed by atoms with Gasteiger partial charge in [0.05, 0.1) is 6.61 Å². The highest BCUT2D eigenvalue weighted by Gasteiger charge is 2.23. The highest BCUT2D eigenvalue weighted by Crippen LogP contribution is 2.14. The average Bonchev–Trinajstić information content (AvgIpc) is 2.03. The van der Waals surface area contributed by atoms with E-state index in [0.29, 0.717) is 12.0 Å². The summed E-state index contributed by atoms with van der Waals surface area (Å²) >= 11 is 0. The topological polar surface area (TPSA) is 24.5 Å². The van der Waals surface area contributed by atoms with Gasteiger partial charge in [-0.05, 0) is 32.9 Å². The number of nitrogens with one attached hydrogen (secondary N) is 1. The predicted octanol–water partition coefficient (Wildman–Crippen LogP) is 0.868. The van der Waals surface area contributed by atoms with Gasteiger partial charge < -0.3 is 9.74 Å². The van der Waals surface area contributed by atoms with Crippen molar-refractivity contribution in [3.63, 3.8) is 0 Å². The molecule has 0 bridgehead atoms. The van der Waals surface area contributed by atoms with Gasteiger partial charge in [0.25, 0.3) is 0 Å². The van der Waals surface area contributed by atoms with E-state index in [1.807, 2.05) is 6.92 Å². The third kappa shape index (κ3) is 2.73. The summed E-state index contributed by atoms with van der Waals surface area (Å²) in [6.45, 7) is 7.37. The van der Waals surface area contributed by atoms with Gasteiger partial charge in [-0.3, -0.25) is 0 Å². The van der Waals surface area contributed by atoms with Crippen LogP contribution in [0, 0.1) is 5.92 Å². The summed E-state index contributed by atoms with van der Waals surface area (Å²) in [5, 5.41) is 0. The summed E-state index contributed by atoms with van der Waals surface area (Å²) in [6.07, 6.45) is 1.19. The van der Waals surface area contributed by atoms with Crippen molar-refractivity contribution in [3.05, 3.63) is 0 Å². The van der Waals surface area contributed by atoms with Crippen LogP contribution in [-0.4, -0.2) is 37.7 Å². The Labute approximate surface area is 75.0 Å². The monoisotopic (exact) mass is 172 g/mol. The molecule has 0 aromatic heterocycles. The van der Waals surface area contributed by atoms with Gasteiger partial charge in [0.15, 0.2) is 0 Å². The first-order valence-electron chi connectivity index (χ1n) is 4.80. The largest absolute Gasteiger partial charge is 0.306 e. The first-order valence-corrected chi connectivity index (χ1v) is 4.80. The molecule has 2 unspecified atom stereocenters. The molecule has 1 aliphatic heterocycles. The Balaban J connectivity index is 2.25. The van der Waals surface area contributed by atoms with E-state index in [-0.39, 0.29) is 0 Å². The fraction of sp³-hybridized carbons (Fsp3) is 1.00. The van der Waals surface area contributed by atoms with Crippen molar-refractivity contribution in [2.45, 2.75) is 26.3 Å². The van der Waals surface area contributed by atoms with Crippen molar-refractivity contribution in [2.24, 2.45) is 5.92 Å². The van der Waals surface area contributed by atoms with Crippen LogP contribution >= 0.6 is 0 Å². The van der Waals surface area contributed by atoms with E-state index in [2.05, 4.69) is 24.4 Å². The van der Waals surface area contributed by atoms with E-state index in [1.165, 1.54) is 19.5 Å². The molecule has 12 heavy (non-hydrogen) atoms. The van der Waals surface area contributed by atoms with Gasteiger partial charge in [-0.1, -0.05) is 6.92 Å². The third-order valence-corrected chi connectivity index (χ3v) is 2.49. The Morgan fingerprint density at radius 1 is 1.58 bits per heavy atom. The van der Waals surface area contributed by atoms with Gasteiger partial charge in [-0.25, -0.2) is 0 Å². The summed E-state index contributed by atoms with van der Waals surface area (Å²) in [6, 6.07) is 0.543. The lowest BCUT2D eigenvalue weighted by Crippen LogP contribution is -2.46. The van der Waals surface area contributed by atoms with Crippen molar-refractivity contribution in [3.8, 4) is 0 Å². The standard InChI is InChI=1S/C9H20N2O/c1-4-12-10-9-5-6-11(3)7-8(9)2/h8-10H,4-7H2,1-3H3. The molecule has 1 fully saturated rings. The molecule has 0 aliphatic carbocycles. The molecule has 0 amide bonds. The maximum absolute atomic E-state index is 5.21. The second kappa shape index (κ2) is 4.80. The Morgan fingerprint density at radius 3 is 2.92 bits per heavy atom. The highest BCUT2D eigenvalue weighted by atomic mass is 16.6. The third-order valence-electron chi connectivity index (χ3n) is 2.49. The van der Waals surface area contributed by atoms with Crippen molar-refractivity contribution in [1.82, 2.24) is 10.4 Å². The molecule has 3 nitrogen and oxygen atoms in total. The van der Waals surface area contributed by atoms with E-state index in [1.54, 1.807) is 0 Å². The molecule has 0 spiro atoms. The number of likely N-dealkylation sites (tertiary alicyclic amines) is 1. The minimum atomic E-state index is 0.543. The molecular weight excluding hydrogens is 152 g/mol. The van der Waals surface area contributed by atoms with Crippen LogP contribution in [-0.2, 0) is 4.84 Å². The number of piperidine rings is 1. The zero-order valence-corrected chi connectivity index (χ0v) is 8.34. The van der Waals surface area contributed by atoms with Gasteiger partial charge in [0.1, 0.15) is 0 Å². The average molecular weight is 172 g/mol. The Kier molecular flexibility index (Phi) is 3.98. The summed E-state index contributed by atoms with van der Waals surface area (Å²) < 4.78 is 0. The maximum Gasteiger partial charge on any atom is 0.0654 e. The van der Waals surface area contributed by atoms with E-state index in [9.17, 15) is 0 Å². The first kappa shape index (κ1) is 9.96. The Morgan fingerprint density at radius 2 is 2.33 bits per heavy atom. The maximum atomic E-state index is 5.21. The molecule has 2 atom stereocenters. The minimum absolute atomic E-state index is 0.543. The summed E-state index contributed by atoms with van der Waals surface area (Å²) in [5.74, 6) is 0.690. The van der Waals surface area contributed by atoms with Crippen molar-refractivity contribution < 1.29 is 4.84 Å². The van der Waals surface area contributed by atoms with Crippen LogP contribution in [0.1, 0.15) is 20.3 Å². The molecule has 1 N–H and O–H groups in total. The SMILES string of the molecule is CCONC1CCN(C)CC1C. The second-order valence-corrected chi connectivity index (χ2v) is 3.69. The Hall–Kier alpha value is -0.120. The lowest BCUT2D eigenvalue weighted by atomic mass is 9.95. The van der Waals surface area contributed by atoms with Gasteiger partial charge in [0, 0.05) is 12.6 Å². The predicted molar refractivity (Wildman–Crippen MR) is 49.8 cm³/mol. The van der Waals surface area contributed by atoms with Crippen molar-refractivity contribution >= 4 is 0 Å². The fourth-order valence-electron chi connectivity index (χ4n) is 1.72. The van der Waals surface area contributed by atoms with Gasteiger partial charge in [0.2, 0.25) is 0 Å². The zero-order valence-electron chi connectivity index (χ0n) is 8.34. The molecule has 72 valence electrons. The van der Waals surface area contributed by atoms with Crippen LogP contribution < -0.4 is 5.48 Å². The number of hydrogen-bond donors (Lipinski definition) is 1. The lowest BCUT2D eigenvalue weighted by Gasteiger charge is -2.34. The minimum Gasteiger partial charge on any atom is -0.306 e.